The Hall–Kier alpha value is -0.860. The first kappa shape index (κ1) is 13.2. The fourth-order valence-corrected chi connectivity index (χ4v) is 1.84. The average Bonchev–Trinajstić information content (AvgIpc) is 2.25. The van der Waals surface area contributed by atoms with Gasteiger partial charge in [0.25, 0.3) is 0 Å². The van der Waals surface area contributed by atoms with E-state index in [-0.39, 0.29) is 0 Å². The molecule has 1 aromatic rings. The molecule has 0 saturated carbocycles. The van der Waals surface area contributed by atoms with Gasteiger partial charge in [-0.3, -0.25) is 0 Å². The van der Waals surface area contributed by atoms with E-state index in [9.17, 15) is 0 Å². The monoisotopic (exact) mass is 220 g/mol. The van der Waals surface area contributed by atoms with Crippen molar-refractivity contribution in [3.8, 4) is 0 Å². The van der Waals surface area contributed by atoms with Crippen LogP contribution in [0.1, 0.15) is 30.5 Å². The zero-order valence-corrected chi connectivity index (χ0v) is 10.9. The molecule has 0 aromatic heterocycles. The van der Waals surface area contributed by atoms with Crippen molar-refractivity contribution in [2.45, 2.75) is 40.3 Å². The van der Waals surface area contributed by atoms with Gasteiger partial charge in [0.15, 0.2) is 0 Å². The van der Waals surface area contributed by atoms with Crippen molar-refractivity contribution in [3.05, 3.63) is 34.9 Å². The van der Waals surface area contributed by atoms with E-state index in [4.69, 9.17) is 0 Å². The number of nitrogens with one attached hydrogen (secondary N) is 2. The first-order valence-electron chi connectivity index (χ1n) is 6.14. The van der Waals surface area contributed by atoms with Crippen LogP contribution in [0.2, 0.25) is 0 Å². The van der Waals surface area contributed by atoms with Gasteiger partial charge in [0, 0.05) is 19.1 Å². The fraction of sp³-hybridized carbons (Fsp3) is 0.571. The van der Waals surface area contributed by atoms with Gasteiger partial charge in [-0.15, -0.1) is 0 Å². The Labute approximate surface area is 99.5 Å². The maximum absolute atomic E-state index is 3.55. The molecular formula is C14H24N2. The molecule has 1 unspecified atom stereocenters. The third-order valence-electron chi connectivity index (χ3n) is 2.97. The number of aryl methyl sites for hydroxylation is 2. The van der Waals surface area contributed by atoms with Crippen LogP contribution >= 0.6 is 0 Å². The average molecular weight is 220 g/mol. The highest BCUT2D eigenvalue weighted by Gasteiger charge is 2.04. The van der Waals surface area contributed by atoms with E-state index in [1.54, 1.807) is 0 Å². The maximum Gasteiger partial charge on any atom is 0.0213 e. The van der Waals surface area contributed by atoms with Crippen molar-refractivity contribution in [1.82, 2.24) is 10.6 Å². The zero-order valence-electron chi connectivity index (χ0n) is 10.9. The second kappa shape index (κ2) is 6.66. The van der Waals surface area contributed by atoms with Crippen molar-refractivity contribution in [2.24, 2.45) is 0 Å². The smallest absolute Gasteiger partial charge is 0.0213 e. The minimum Gasteiger partial charge on any atom is -0.315 e. The first-order valence-corrected chi connectivity index (χ1v) is 6.14. The fourth-order valence-electron chi connectivity index (χ4n) is 1.84. The Morgan fingerprint density at radius 3 is 2.38 bits per heavy atom. The molecule has 0 heterocycles. The zero-order chi connectivity index (χ0) is 12.0. The minimum absolute atomic E-state index is 0.513. The lowest BCUT2D eigenvalue weighted by atomic mass is 10.0. The lowest BCUT2D eigenvalue weighted by molar-refractivity contribution is 0.507. The molecule has 0 aliphatic rings. The second-order valence-corrected chi connectivity index (χ2v) is 4.46. The van der Waals surface area contributed by atoms with Gasteiger partial charge in [-0.2, -0.15) is 0 Å². The van der Waals surface area contributed by atoms with Gasteiger partial charge >= 0.3 is 0 Å². The lowest BCUT2D eigenvalue weighted by Gasteiger charge is -2.16. The van der Waals surface area contributed by atoms with E-state index in [0.29, 0.717) is 6.04 Å². The molecule has 90 valence electrons. The van der Waals surface area contributed by atoms with E-state index in [1.807, 2.05) is 0 Å². The predicted molar refractivity (Wildman–Crippen MR) is 70.8 cm³/mol. The molecule has 1 aromatic carbocycles. The number of hydrogen-bond donors (Lipinski definition) is 2. The largest absolute Gasteiger partial charge is 0.315 e. The summed E-state index contributed by atoms with van der Waals surface area (Å²) < 4.78 is 0. The topological polar surface area (TPSA) is 24.1 Å². The van der Waals surface area contributed by atoms with Crippen molar-refractivity contribution in [3.63, 3.8) is 0 Å². The molecule has 0 aliphatic carbocycles. The summed E-state index contributed by atoms with van der Waals surface area (Å²) in [4.78, 5) is 0. The van der Waals surface area contributed by atoms with Crippen LogP contribution in [0.25, 0.3) is 0 Å². The summed E-state index contributed by atoms with van der Waals surface area (Å²) in [5.41, 5.74) is 4.19. The van der Waals surface area contributed by atoms with Gasteiger partial charge in [0.1, 0.15) is 0 Å². The normalized spacial score (nSPS) is 12.8. The summed E-state index contributed by atoms with van der Waals surface area (Å²) in [6, 6.07) is 6.99. The van der Waals surface area contributed by atoms with Crippen LogP contribution in [-0.2, 0) is 6.54 Å². The minimum atomic E-state index is 0.513. The lowest BCUT2D eigenvalue weighted by Crippen LogP contribution is -2.36. The van der Waals surface area contributed by atoms with Gasteiger partial charge in [-0.25, -0.2) is 0 Å². The molecular weight excluding hydrogens is 196 g/mol. The molecule has 0 fully saturated rings. The Morgan fingerprint density at radius 2 is 1.81 bits per heavy atom. The van der Waals surface area contributed by atoms with Gasteiger partial charge in [-0.1, -0.05) is 25.1 Å². The van der Waals surface area contributed by atoms with Crippen molar-refractivity contribution in [1.29, 1.82) is 0 Å². The van der Waals surface area contributed by atoms with Crippen LogP contribution in [0, 0.1) is 13.8 Å². The molecule has 0 radical (unpaired) electrons. The molecule has 1 atom stereocenters. The number of likely N-dealkylation sites (N-methyl/N-ethyl adjacent to an activating group) is 1. The van der Waals surface area contributed by atoms with Crippen LogP contribution < -0.4 is 10.6 Å². The molecule has 0 saturated heterocycles. The molecule has 0 bridgehead atoms. The van der Waals surface area contributed by atoms with Gasteiger partial charge in [0.05, 0.1) is 0 Å². The summed E-state index contributed by atoms with van der Waals surface area (Å²) >= 11 is 0. The molecule has 0 aliphatic heterocycles. The Morgan fingerprint density at radius 1 is 1.19 bits per heavy atom. The summed E-state index contributed by atoms with van der Waals surface area (Å²) in [7, 11) is 0. The standard InChI is InChI=1S/C14H24N2/c1-5-15-9-13(4)16-10-14-11(2)7-6-8-12(14)3/h6-8,13,15-16H,5,9-10H2,1-4H3. The number of benzene rings is 1. The SMILES string of the molecule is CCNCC(C)NCc1c(C)cccc1C. The number of rotatable bonds is 6. The van der Waals surface area contributed by atoms with Gasteiger partial charge in [-0.05, 0) is 44.0 Å². The molecule has 16 heavy (non-hydrogen) atoms. The van der Waals surface area contributed by atoms with Crippen molar-refractivity contribution in [2.75, 3.05) is 13.1 Å². The highest BCUT2D eigenvalue weighted by Crippen LogP contribution is 2.12. The van der Waals surface area contributed by atoms with Gasteiger partial charge in [0.2, 0.25) is 0 Å². The number of hydrogen-bond acceptors (Lipinski definition) is 2. The predicted octanol–water partition coefficient (Wildman–Crippen LogP) is 2.39. The Kier molecular flexibility index (Phi) is 5.50. The van der Waals surface area contributed by atoms with Gasteiger partial charge < -0.3 is 10.6 Å². The highest BCUT2D eigenvalue weighted by molar-refractivity contribution is 5.33. The second-order valence-electron chi connectivity index (χ2n) is 4.46. The maximum atomic E-state index is 3.55. The van der Waals surface area contributed by atoms with Crippen molar-refractivity contribution >= 4 is 0 Å². The van der Waals surface area contributed by atoms with E-state index < -0.39 is 0 Å². The first-order chi connectivity index (χ1) is 7.65. The van der Waals surface area contributed by atoms with E-state index in [1.165, 1.54) is 16.7 Å². The van der Waals surface area contributed by atoms with E-state index in [2.05, 4.69) is 56.5 Å². The Balaban J connectivity index is 2.48. The van der Waals surface area contributed by atoms with E-state index >= 15 is 0 Å². The molecule has 2 nitrogen and oxygen atoms in total. The molecule has 2 heteroatoms. The van der Waals surface area contributed by atoms with Crippen LogP contribution in [-0.4, -0.2) is 19.1 Å². The Bertz CT molecular complexity index is 300. The highest BCUT2D eigenvalue weighted by atomic mass is 15.0. The van der Waals surface area contributed by atoms with Crippen LogP contribution in [0.3, 0.4) is 0 Å². The van der Waals surface area contributed by atoms with Crippen molar-refractivity contribution < 1.29 is 0 Å². The third-order valence-corrected chi connectivity index (χ3v) is 2.97. The molecule has 0 spiro atoms. The summed E-state index contributed by atoms with van der Waals surface area (Å²) in [6.07, 6.45) is 0. The van der Waals surface area contributed by atoms with Crippen LogP contribution in [0.4, 0.5) is 0 Å². The molecule has 0 amide bonds. The molecule has 1 rings (SSSR count). The van der Waals surface area contributed by atoms with E-state index in [0.717, 1.165) is 19.6 Å². The summed E-state index contributed by atoms with van der Waals surface area (Å²) in [6.45, 7) is 11.7. The van der Waals surface area contributed by atoms with Crippen LogP contribution in [0.15, 0.2) is 18.2 Å². The summed E-state index contributed by atoms with van der Waals surface area (Å²) in [5.74, 6) is 0. The summed E-state index contributed by atoms with van der Waals surface area (Å²) in [5, 5.41) is 6.90. The van der Waals surface area contributed by atoms with Crippen LogP contribution in [0.5, 0.6) is 0 Å². The quantitative estimate of drug-likeness (QED) is 0.769. The third kappa shape index (κ3) is 3.95. The molecule has 2 N–H and O–H groups in total.